The molecule has 0 radical (unpaired) electrons. The van der Waals surface area contributed by atoms with Gasteiger partial charge in [0.15, 0.2) is 0 Å². The number of halogens is 1. The van der Waals surface area contributed by atoms with Crippen LogP contribution in [0.3, 0.4) is 0 Å². The number of hydrogen-bond acceptors (Lipinski definition) is 2. The van der Waals surface area contributed by atoms with Crippen LogP contribution in [0.4, 0.5) is 0 Å². The Hall–Kier alpha value is -0.840. The summed E-state index contributed by atoms with van der Waals surface area (Å²) >= 11 is 3.32. The van der Waals surface area contributed by atoms with Crippen LogP contribution in [0.5, 0.6) is 0 Å². The molecule has 1 amide bonds. The van der Waals surface area contributed by atoms with Gasteiger partial charge in [0.05, 0.1) is 10.7 Å². The van der Waals surface area contributed by atoms with Crippen LogP contribution < -0.4 is 5.32 Å². The van der Waals surface area contributed by atoms with E-state index in [1.165, 1.54) is 0 Å². The minimum absolute atomic E-state index is 0.0741. The molecule has 0 aliphatic heterocycles. The second-order valence-electron chi connectivity index (χ2n) is 3.76. The normalized spacial score (nSPS) is 10.7. The molecule has 5 heteroatoms. The molecule has 1 heterocycles. The Morgan fingerprint density at radius 1 is 1.67 bits per heavy atom. The van der Waals surface area contributed by atoms with Gasteiger partial charge in [0.1, 0.15) is 5.69 Å². The first-order valence-corrected chi connectivity index (χ1v) is 5.85. The topological polar surface area (TPSA) is 46.9 Å². The summed E-state index contributed by atoms with van der Waals surface area (Å²) < 4.78 is 2.42. The highest BCUT2D eigenvalue weighted by atomic mass is 79.9. The van der Waals surface area contributed by atoms with Gasteiger partial charge in [-0.2, -0.15) is 5.10 Å². The average Bonchev–Trinajstić information content (AvgIpc) is 2.56. The lowest BCUT2D eigenvalue weighted by Gasteiger charge is -2.09. The van der Waals surface area contributed by atoms with Crippen LogP contribution in [0.2, 0.25) is 0 Å². The highest BCUT2D eigenvalue weighted by molar-refractivity contribution is 9.10. The van der Waals surface area contributed by atoms with E-state index < -0.39 is 0 Å². The minimum Gasteiger partial charge on any atom is -0.350 e. The van der Waals surface area contributed by atoms with Crippen LogP contribution in [0.25, 0.3) is 0 Å². The van der Waals surface area contributed by atoms with Gasteiger partial charge in [0.25, 0.3) is 5.91 Å². The van der Waals surface area contributed by atoms with E-state index in [2.05, 4.69) is 40.2 Å². The zero-order chi connectivity index (χ0) is 11.4. The molecule has 0 aromatic carbocycles. The molecule has 84 valence electrons. The van der Waals surface area contributed by atoms with Gasteiger partial charge in [-0.3, -0.25) is 9.48 Å². The Labute approximate surface area is 98.2 Å². The van der Waals surface area contributed by atoms with Crippen molar-refractivity contribution >= 4 is 21.8 Å². The molecule has 1 N–H and O–H groups in total. The van der Waals surface area contributed by atoms with E-state index in [1.54, 1.807) is 10.9 Å². The number of aromatic nitrogens is 2. The highest BCUT2D eigenvalue weighted by Gasteiger charge is 2.15. The predicted molar refractivity (Wildman–Crippen MR) is 62.8 cm³/mol. The third-order valence-electron chi connectivity index (χ3n) is 1.98. The fourth-order valence-electron chi connectivity index (χ4n) is 1.21. The molecular formula is C10H16BrN3O. The lowest BCUT2D eigenvalue weighted by molar-refractivity contribution is 0.0937. The molecule has 0 saturated heterocycles. The third-order valence-corrected chi connectivity index (χ3v) is 2.56. The lowest BCUT2D eigenvalue weighted by Crippen LogP contribution is -2.29. The summed E-state index contributed by atoms with van der Waals surface area (Å²) in [6.07, 6.45) is 1.65. The largest absolute Gasteiger partial charge is 0.350 e. The Kier molecular flexibility index (Phi) is 4.32. The predicted octanol–water partition coefficient (Wildman–Crippen LogP) is 2.05. The van der Waals surface area contributed by atoms with Gasteiger partial charge >= 0.3 is 0 Å². The monoisotopic (exact) mass is 273 g/mol. The summed E-state index contributed by atoms with van der Waals surface area (Å²) in [5.74, 6) is 0.376. The molecule has 4 nitrogen and oxygen atoms in total. The summed E-state index contributed by atoms with van der Waals surface area (Å²) in [6.45, 7) is 7.45. The van der Waals surface area contributed by atoms with Crippen molar-refractivity contribution in [2.24, 2.45) is 5.92 Å². The summed E-state index contributed by atoms with van der Waals surface area (Å²) in [4.78, 5) is 11.8. The van der Waals surface area contributed by atoms with E-state index >= 15 is 0 Å². The maximum absolute atomic E-state index is 11.8. The van der Waals surface area contributed by atoms with Crippen LogP contribution >= 0.6 is 15.9 Å². The number of nitrogens with zero attached hydrogens (tertiary/aromatic N) is 2. The Balaban J connectivity index is 2.76. The SMILES string of the molecule is CCn1ncc(Br)c1C(=O)NCC(C)C. The second-order valence-corrected chi connectivity index (χ2v) is 4.62. The smallest absolute Gasteiger partial charge is 0.270 e. The number of nitrogens with one attached hydrogen (secondary N) is 1. The molecule has 15 heavy (non-hydrogen) atoms. The van der Waals surface area contributed by atoms with E-state index in [-0.39, 0.29) is 5.91 Å². The van der Waals surface area contributed by atoms with Crippen molar-refractivity contribution in [1.82, 2.24) is 15.1 Å². The first-order valence-electron chi connectivity index (χ1n) is 5.05. The molecule has 0 aliphatic carbocycles. The number of hydrogen-bond donors (Lipinski definition) is 1. The van der Waals surface area contributed by atoms with E-state index in [0.29, 0.717) is 24.7 Å². The van der Waals surface area contributed by atoms with Crippen molar-refractivity contribution in [3.8, 4) is 0 Å². The molecule has 0 spiro atoms. The van der Waals surface area contributed by atoms with Gasteiger partial charge in [-0.1, -0.05) is 13.8 Å². The number of aryl methyl sites for hydroxylation is 1. The van der Waals surface area contributed by atoms with Gasteiger partial charge in [-0.05, 0) is 28.8 Å². The van der Waals surface area contributed by atoms with E-state index in [4.69, 9.17) is 0 Å². The lowest BCUT2D eigenvalue weighted by atomic mass is 10.2. The van der Waals surface area contributed by atoms with E-state index in [0.717, 1.165) is 4.47 Å². The Morgan fingerprint density at radius 2 is 2.33 bits per heavy atom. The zero-order valence-corrected chi connectivity index (χ0v) is 10.8. The quantitative estimate of drug-likeness (QED) is 0.913. The summed E-state index contributed by atoms with van der Waals surface area (Å²) in [6, 6.07) is 0. The standard InChI is InChI=1S/C10H16BrN3O/c1-4-14-9(8(11)6-13-14)10(15)12-5-7(2)3/h6-7H,4-5H2,1-3H3,(H,12,15). The molecule has 1 aromatic heterocycles. The van der Waals surface area contributed by atoms with Gasteiger partial charge < -0.3 is 5.32 Å². The number of amides is 1. The summed E-state index contributed by atoms with van der Waals surface area (Å²) in [7, 11) is 0. The maximum Gasteiger partial charge on any atom is 0.270 e. The third kappa shape index (κ3) is 3.06. The molecular weight excluding hydrogens is 258 g/mol. The van der Waals surface area contributed by atoms with Crippen LogP contribution in [0.1, 0.15) is 31.3 Å². The zero-order valence-electron chi connectivity index (χ0n) is 9.25. The summed E-state index contributed by atoms with van der Waals surface area (Å²) in [5.41, 5.74) is 0.596. The van der Waals surface area contributed by atoms with Crippen LogP contribution in [0.15, 0.2) is 10.7 Å². The molecule has 0 atom stereocenters. The van der Waals surface area contributed by atoms with E-state index in [1.807, 2.05) is 6.92 Å². The fourth-order valence-corrected chi connectivity index (χ4v) is 1.68. The van der Waals surface area contributed by atoms with Gasteiger partial charge in [-0.25, -0.2) is 0 Å². The fraction of sp³-hybridized carbons (Fsp3) is 0.600. The average molecular weight is 274 g/mol. The minimum atomic E-state index is -0.0741. The van der Waals surface area contributed by atoms with Crippen molar-refractivity contribution in [2.45, 2.75) is 27.3 Å². The van der Waals surface area contributed by atoms with Crippen LogP contribution in [-0.2, 0) is 6.54 Å². The van der Waals surface area contributed by atoms with Gasteiger partial charge in [0.2, 0.25) is 0 Å². The highest BCUT2D eigenvalue weighted by Crippen LogP contribution is 2.15. The van der Waals surface area contributed by atoms with Crippen molar-refractivity contribution in [3.63, 3.8) is 0 Å². The molecule has 1 rings (SSSR count). The molecule has 0 bridgehead atoms. The van der Waals surface area contributed by atoms with Crippen molar-refractivity contribution < 1.29 is 4.79 Å². The molecule has 0 unspecified atom stereocenters. The van der Waals surface area contributed by atoms with Gasteiger partial charge in [0, 0.05) is 13.1 Å². The second kappa shape index (κ2) is 5.30. The Bertz CT molecular complexity index is 346. The van der Waals surface area contributed by atoms with Crippen LogP contribution in [0, 0.1) is 5.92 Å². The first-order chi connectivity index (χ1) is 7.06. The molecule has 1 aromatic rings. The van der Waals surface area contributed by atoms with E-state index in [9.17, 15) is 4.79 Å². The number of carbonyl (C=O) groups is 1. The van der Waals surface area contributed by atoms with Crippen LogP contribution in [-0.4, -0.2) is 22.2 Å². The van der Waals surface area contributed by atoms with Crippen molar-refractivity contribution in [2.75, 3.05) is 6.54 Å². The molecule has 0 fully saturated rings. The van der Waals surface area contributed by atoms with Gasteiger partial charge in [-0.15, -0.1) is 0 Å². The number of rotatable bonds is 4. The number of carbonyl (C=O) groups excluding carboxylic acids is 1. The van der Waals surface area contributed by atoms with Crippen molar-refractivity contribution in [1.29, 1.82) is 0 Å². The molecule has 0 saturated carbocycles. The Morgan fingerprint density at radius 3 is 2.87 bits per heavy atom. The maximum atomic E-state index is 11.8. The summed E-state index contributed by atoms with van der Waals surface area (Å²) in [5, 5.41) is 6.96. The first kappa shape index (κ1) is 12.2. The molecule has 0 aliphatic rings. The van der Waals surface area contributed by atoms with Crippen molar-refractivity contribution in [3.05, 3.63) is 16.4 Å².